The van der Waals surface area contributed by atoms with E-state index in [2.05, 4.69) is 22.5 Å². The normalized spacial score (nSPS) is 15.5. The van der Waals surface area contributed by atoms with Crippen LogP contribution in [0.3, 0.4) is 0 Å². The highest BCUT2D eigenvalue weighted by atomic mass is 35.5. The van der Waals surface area contributed by atoms with Gasteiger partial charge in [-0.1, -0.05) is 29.8 Å². The highest BCUT2D eigenvalue weighted by molar-refractivity contribution is 6.30. The fourth-order valence-corrected chi connectivity index (χ4v) is 4.30. The minimum absolute atomic E-state index is 0.134. The Kier molecular flexibility index (Phi) is 6.30. The van der Waals surface area contributed by atoms with Crippen LogP contribution in [0.2, 0.25) is 5.02 Å². The lowest BCUT2D eigenvalue weighted by atomic mass is 9.74. The van der Waals surface area contributed by atoms with E-state index < -0.39 is 0 Å². The molecule has 0 saturated carbocycles. The Bertz CT molecular complexity index is 1060. The van der Waals surface area contributed by atoms with E-state index in [1.165, 1.54) is 5.56 Å². The number of aromatic nitrogens is 2. The van der Waals surface area contributed by atoms with Gasteiger partial charge in [0.2, 0.25) is 0 Å². The van der Waals surface area contributed by atoms with Gasteiger partial charge in [0, 0.05) is 30.2 Å². The third kappa shape index (κ3) is 4.45. The molecule has 1 amide bonds. The molecular weight excluding hydrogens is 414 g/mol. The van der Waals surface area contributed by atoms with Crippen LogP contribution >= 0.6 is 11.6 Å². The second kappa shape index (κ2) is 9.12. The number of hydrogen-bond acceptors (Lipinski definition) is 4. The van der Waals surface area contributed by atoms with Crippen LogP contribution in [0.5, 0.6) is 5.75 Å². The number of hydrogen-bond donors (Lipinski definition) is 1. The summed E-state index contributed by atoms with van der Waals surface area (Å²) in [6.07, 6.45) is 3.30. The molecule has 0 spiro atoms. The van der Waals surface area contributed by atoms with Crippen LogP contribution in [0.25, 0.3) is 5.69 Å². The van der Waals surface area contributed by atoms with E-state index in [4.69, 9.17) is 21.1 Å². The summed E-state index contributed by atoms with van der Waals surface area (Å²) in [7, 11) is 1.66. The third-order valence-electron chi connectivity index (χ3n) is 6.05. The first-order valence-corrected chi connectivity index (χ1v) is 10.7. The molecule has 1 fully saturated rings. The van der Waals surface area contributed by atoms with Gasteiger partial charge < -0.3 is 14.8 Å². The largest absolute Gasteiger partial charge is 0.497 e. The van der Waals surface area contributed by atoms with Gasteiger partial charge in [0.05, 0.1) is 30.3 Å². The Balaban J connectivity index is 1.53. The van der Waals surface area contributed by atoms with Crippen molar-refractivity contribution < 1.29 is 14.3 Å². The van der Waals surface area contributed by atoms with E-state index in [9.17, 15) is 4.79 Å². The summed E-state index contributed by atoms with van der Waals surface area (Å²) in [6, 6.07) is 15.5. The number of amides is 1. The molecule has 1 aromatic heterocycles. The number of rotatable bonds is 6. The zero-order valence-electron chi connectivity index (χ0n) is 17.7. The molecule has 3 aromatic rings. The van der Waals surface area contributed by atoms with Crippen LogP contribution < -0.4 is 10.1 Å². The zero-order chi connectivity index (χ0) is 21.8. The lowest BCUT2D eigenvalue weighted by Crippen LogP contribution is -2.44. The first-order chi connectivity index (χ1) is 15.0. The fraction of sp³-hybridized carbons (Fsp3) is 0.333. The van der Waals surface area contributed by atoms with Crippen molar-refractivity contribution in [2.75, 3.05) is 26.9 Å². The SMILES string of the molecule is COc1ccc(C2(CNC(=O)c3cnn(-c4cccc(Cl)c4)c3C)CCOCC2)cc1. The van der Waals surface area contributed by atoms with E-state index in [-0.39, 0.29) is 11.3 Å². The van der Waals surface area contributed by atoms with Gasteiger partial charge in [-0.2, -0.15) is 5.10 Å². The molecule has 31 heavy (non-hydrogen) atoms. The smallest absolute Gasteiger partial charge is 0.254 e. The summed E-state index contributed by atoms with van der Waals surface area (Å²) < 4.78 is 12.6. The van der Waals surface area contributed by atoms with E-state index in [1.807, 2.05) is 43.3 Å². The van der Waals surface area contributed by atoms with Crippen LogP contribution in [-0.2, 0) is 10.2 Å². The van der Waals surface area contributed by atoms with Gasteiger partial charge >= 0.3 is 0 Å². The lowest BCUT2D eigenvalue weighted by Gasteiger charge is -2.38. The van der Waals surface area contributed by atoms with E-state index >= 15 is 0 Å². The molecule has 1 N–H and O–H groups in total. The molecule has 0 radical (unpaired) electrons. The number of carbonyl (C=O) groups excluding carboxylic acids is 1. The second-order valence-electron chi connectivity index (χ2n) is 7.84. The minimum Gasteiger partial charge on any atom is -0.497 e. The van der Waals surface area contributed by atoms with Crippen LogP contribution in [0, 0.1) is 6.92 Å². The molecule has 7 heteroatoms. The zero-order valence-corrected chi connectivity index (χ0v) is 18.5. The number of ether oxygens (including phenoxy) is 2. The van der Waals surface area contributed by atoms with Crippen molar-refractivity contribution in [3.63, 3.8) is 0 Å². The van der Waals surface area contributed by atoms with Crippen molar-refractivity contribution in [1.29, 1.82) is 0 Å². The van der Waals surface area contributed by atoms with Gasteiger partial charge in [-0.25, -0.2) is 4.68 Å². The van der Waals surface area contributed by atoms with Crippen LogP contribution in [-0.4, -0.2) is 42.6 Å². The maximum absolute atomic E-state index is 13.1. The summed E-state index contributed by atoms with van der Waals surface area (Å²) >= 11 is 6.11. The molecule has 6 nitrogen and oxygen atoms in total. The molecule has 1 saturated heterocycles. The van der Waals surface area contributed by atoms with Crippen LogP contribution in [0.4, 0.5) is 0 Å². The van der Waals surface area contributed by atoms with Crippen molar-refractivity contribution in [2.45, 2.75) is 25.2 Å². The lowest BCUT2D eigenvalue weighted by molar-refractivity contribution is 0.0487. The monoisotopic (exact) mass is 439 g/mol. The van der Waals surface area contributed by atoms with Gasteiger partial charge in [-0.15, -0.1) is 0 Å². The molecule has 0 atom stereocenters. The molecule has 4 rings (SSSR count). The molecule has 0 aliphatic carbocycles. The fourth-order valence-electron chi connectivity index (χ4n) is 4.12. The van der Waals surface area contributed by atoms with Gasteiger partial charge in [0.25, 0.3) is 5.91 Å². The van der Waals surface area contributed by atoms with Crippen molar-refractivity contribution in [1.82, 2.24) is 15.1 Å². The Morgan fingerprint density at radius 2 is 1.97 bits per heavy atom. The summed E-state index contributed by atoms with van der Waals surface area (Å²) in [6.45, 7) is 3.76. The van der Waals surface area contributed by atoms with Crippen molar-refractivity contribution in [3.05, 3.63) is 76.6 Å². The molecule has 0 unspecified atom stereocenters. The molecule has 2 aromatic carbocycles. The Labute approximate surface area is 187 Å². The molecule has 1 aliphatic rings. The molecular formula is C24H26ClN3O3. The van der Waals surface area contributed by atoms with Crippen LogP contribution in [0.1, 0.15) is 34.5 Å². The minimum atomic E-state index is -0.170. The highest BCUT2D eigenvalue weighted by Crippen LogP contribution is 2.35. The number of carbonyl (C=O) groups is 1. The Morgan fingerprint density at radius 3 is 2.65 bits per heavy atom. The van der Waals surface area contributed by atoms with Crippen molar-refractivity contribution in [3.8, 4) is 11.4 Å². The molecule has 1 aliphatic heterocycles. The van der Waals surface area contributed by atoms with Gasteiger partial charge in [0.15, 0.2) is 0 Å². The average Bonchev–Trinajstić information content (AvgIpc) is 3.19. The van der Waals surface area contributed by atoms with E-state index in [1.54, 1.807) is 18.0 Å². The van der Waals surface area contributed by atoms with E-state index in [0.717, 1.165) is 30.0 Å². The van der Waals surface area contributed by atoms with Gasteiger partial charge in [0.1, 0.15) is 5.75 Å². The Morgan fingerprint density at radius 1 is 1.23 bits per heavy atom. The topological polar surface area (TPSA) is 65.4 Å². The summed E-state index contributed by atoms with van der Waals surface area (Å²) in [5.41, 5.74) is 3.16. The quantitative estimate of drug-likeness (QED) is 0.621. The number of benzene rings is 2. The predicted molar refractivity (Wildman–Crippen MR) is 120 cm³/mol. The van der Waals surface area contributed by atoms with Crippen LogP contribution in [0.15, 0.2) is 54.7 Å². The molecule has 2 heterocycles. The number of nitrogens with one attached hydrogen (secondary N) is 1. The first-order valence-electron chi connectivity index (χ1n) is 10.3. The maximum atomic E-state index is 13.1. The maximum Gasteiger partial charge on any atom is 0.254 e. The third-order valence-corrected chi connectivity index (χ3v) is 6.28. The summed E-state index contributed by atoms with van der Waals surface area (Å²) in [4.78, 5) is 13.1. The van der Waals surface area contributed by atoms with E-state index in [0.29, 0.717) is 30.3 Å². The Hall–Kier alpha value is -2.83. The van der Waals surface area contributed by atoms with Crippen molar-refractivity contribution in [2.24, 2.45) is 0 Å². The standard InChI is InChI=1S/C24H26ClN3O3/c1-17-22(15-27-28(17)20-5-3-4-19(25)14-20)23(29)26-16-24(10-12-31-13-11-24)18-6-8-21(30-2)9-7-18/h3-9,14-15H,10-13,16H2,1-2H3,(H,26,29). The van der Waals surface area contributed by atoms with Crippen molar-refractivity contribution >= 4 is 17.5 Å². The van der Waals surface area contributed by atoms with Gasteiger partial charge in [-0.3, -0.25) is 4.79 Å². The highest BCUT2D eigenvalue weighted by Gasteiger charge is 2.35. The average molecular weight is 440 g/mol. The summed E-state index contributed by atoms with van der Waals surface area (Å²) in [5.74, 6) is 0.684. The molecule has 162 valence electrons. The van der Waals surface area contributed by atoms with Gasteiger partial charge in [-0.05, 0) is 55.7 Å². The predicted octanol–water partition coefficient (Wildman–Crippen LogP) is 4.32. The number of nitrogens with zero attached hydrogens (tertiary/aromatic N) is 2. The second-order valence-corrected chi connectivity index (χ2v) is 8.28. The first kappa shape index (κ1) is 21.4. The summed E-state index contributed by atoms with van der Waals surface area (Å²) in [5, 5.41) is 8.17. The molecule has 0 bridgehead atoms. The number of methoxy groups -OCH3 is 1. The number of halogens is 1.